The molecule has 1 atom stereocenters. The first kappa shape index (κ1) is 21.7. The fourth-order valence-electron chi connectivity index (χ4n) is 3.68. The fourth-order valence-corrected chi connectivity index (χ4v) is 3.68. The molecule has 2 aromatic heterocycles. The number of pyridine rings is 1. The van der Waals surface area contributed by atoms with Crippen LogP contribution in [0.25, 0.3) is 22.7 Å². The number of fused-ring (bicyclic) bond motifs is 1. The normalized spacial score (nSPS) is 15.9. The Hall–Kier alpha value is -3.53. The highest BCUT2D eigenvalue weighted by atomic mass is 19.1. The number of hydrogen-bond acceptors (Lipinski definition) is 7. The quantitative estimate of drug-likeness (QED) is 0.582. The van der Waals surface area contributed by atoms with Gasteiger partial charge in [-0.2, -0.15) is 0 Å². The third-order valence-corrected chi connectivity index (χ3v) is 5.28. The van der Waals surface area contributed by atoms with Gasteiger partial charge in [0.1, 0.15) is 11.3 Å². The average Bonchev–Trinajstić information content (AvgIpc) is 3.39. The number of aryl methyl sites for hydroxylation is 1. The van der Waals surface area contributed by atoms with E-state index in [1.807, 2.05) is 6.92 Å². The van der Waals surface area contributed by atoms with Crippen LogP contribution >= 0.6 is 0 Å². The number of aromatic nitrogens is 2. The van der Waals surface area contributed by atoms with Crippen molar-refractivity contribution < 1.29 is 28.2 Å². The van der Waals surface area contributed by atoms with Gasteiger partial charge < -0.3 is 24.5 Å². The Morgan fingerprint density at radius 2 is 2.19 bits per heavy atom. The van der Waals surface area contributed by atoms with Crippen molar-refractivity contribution in [1.29, 1.82) is 0 Å². The smallest absolute Gasteiger partial charge is 0.340 e. The lowest BCUT2D eigenvalue weighted by Crippen LogP contribution is -2.33. The molecule has 3 heterocycles. The highest BCUT2D eigenvalue weighted by Crippen LogP contribution is 2.30. The van der Waals surface area contributed by atoms with Gasteiger partial charge >= 0.3 is 12.0 Å². The van der Waals surface area contributed by atoms with Crippen LogP contribution in [-0.4, -0.2) is 57.8 Å². The van der Waals surface area contributed by atoms with Crippen molar-refractivity contribution in [2.45, 2.75) is 32.8 Å². The summed E-state index contributed by atoms with van der Waals surface area (Å²) in [6.07, 6.45) is 1.84. The summed E-state index contributed by atoms with van der Waals surface area (Å²) < 4.78 is 25.6. The molecule has 9 nitrogen and oxygen atoms in total. The number of ether oxygens (including phenoxy) is 1. The minimum absolute atomic E-state index is 0.0150. The van der Waals surface area contributed by atoms with Crippen molar-refractivity contribution in [3.63, 3.8) is 0 Å². The second-order valence-corrected chi connectivity index (χ2v) is 7.41. The first-order chi connectivity index (χ1) is 15.4. The van der Waals surface area contributed by atoms with Crippen LogP contribution in [0.4, 0.5) is 14.9 Å². The number of urea groups is 1. The maximum atomic E-state index is 14.8. The zero-order valence-electron chi connectivity index (χ0n) is 17.7. The minimum atomic E-state index is -0.639. The van der Waals surface area contributed by atoms with Gasteiger partial charge in [0.05, 0.1) is 23.8 Å². The number of nitrogens with zero attached hydrogens (tertiary/aromatic N) is 3. The maximum absolute atomic E-state index is 14.8. The van der Waals surface area contributed by atoms with Crippen LogP contribution in [0.1, 0.15) is 36.2 Å². The average molecular weight is 442 g/mol. The fraction of sp³-hybridized carbons (Fsp3) is 0.364. The predicted octanol–water partition coefficient (Wildman–Crippen LogP) is 3.37. The lowest BCUT2D eigenvalue weighted by atomic mass is 10.1. The molecular formula is C22H23FN4O5. The van der Waals surface area contributed by atoms with Gasteiger partial charge in [0.25, 0.3) is 0 Å². The molecule has 0 bridgehead atoms. The molecule has 0 aliphatic carbocycles. The highest BCUT2D eigenvalue weighted by molar-refractivity contribution is 5.95. The van der Waals surface area contributed by atoms with Crippen molar-refractivity contribution in [2.24, 2.45) is 0 Å². The molecule has 0 saturated carbocycles. The second-order valence-electron chi connectivity index (χ2n) is 7.41. The van der Waals surface area contributed by atoms with Gasteiger partial charge in [-0.05, 0) is 43.5 Å². The molecule has 0 unspecified atom stereocenters. The topological polar surface area (TPSA) is 118 Å². The Bertz CT molecular complexity index is 1180. The molecule has 1 aliphatic heterocycles. The summed E-state index contributed by atoms with van der Waals surface area (Å²) in [6, 6.07) is 3.76. The van der Waals surface area contributed by atoms with E-state index in [1.54, 1.807) is 6.92 Å². The number of esters is 1. The summed E-state index contributed by atoms with van der Waals surface area (Å²) in [5, 5.41) is 12.2. The number of carbonyl (C=O) groups is 2. The SMILES string of the molecule is CCOC(=O)c1cnc2oc(-c3ccc(NC(=O)N4CC[C@@H](O)C4)cc3F)nc2c1CC. The van der Waals surface area contributed by atoms with Crippen LogP contribution in [0.15, 0.2) is 28.8 Å². The number of benzene rings is 1. The first-order valence-corrected chi connectivity index (χ1v) is 10.4. The monoisotopic (exact) mass is 442 g/mol. The molecular weight excluding hydrogens is 419 g/mol. The maximum Gasteiger partial charge on any atom is 0.340 e. The van der Waals surface area contributed by atoms with Gasteiger partial charge in [-0.15, -0.1) is 0 Å². The predicted molar refractivity (Wildman–Crippen MR) is 114 cm³/mol. The standard InChI is InChI=1S/C22H23FN4O5/c1-3-14-16(21(29)31-4-2)10-24-20-18(14)26-19(32-20)15-6-5-12(9-17(15)23)25-22(30)27-8-7-13(28)11-27/h5-6,9-10,13,28H,3-4,7-8,11H2,1-2H3,(H,25,30)/t13-/m1/s1. The van der Waals surface area contributed by atoms with E-state index in [0.717, 1.165) is 0 Å². The van der Waals surface area contributed by atoms with E-state index in [4.69, 9.17) is 9.15 Å². The lowest BCUT2D eigenvalue weighted by molar-refractivity contribution is 0.0525. The van der Waals surface area contributed by atoms with Gasteiger partial charge in [0.2, 0.25) is 11.6 Å². The molecule has 32 heavy (non-hydrogen) atoms. The van der Waals surface area contributed by atoms with Crippen LogP contribution in [0, 0.1) is 5.82 Å². The van der Waals surface area contributed by atoms with Gasteiger partial charge in [-0.25, -0.2) is 23.9 Å². The number of halogens is 1. The molecule has 168 valence electrons. The van der Waals surface area contributed by atoms with E-state index < -0.39 is 23.9 Å². The molecule has 1 aromatic carbocycles. The van der Waals surface area contributed by atoms with Crippen molar-refractivity contribution in [3.05, 3.63) is 41.3 Å². The van der Waals surface area contributed by atoms with Gasteiger partial charge in [0.15, 0.2) is 0 Å². The third kappa shape index (κ3) is 4.13. The van der Waals surface area contributed by atoms with Gasteiger partial charge in [-0.3, -0.25) is 0 Å². The molecule has 2 N–H and O–H groups in total. The molecule has 0 radical (unpaired) electrons. The third-order valence-electron chi connectivity index (χ3n) is 5.28. The largest absolute Gasteiger partial charge is 0.462 e. The van der Waals surface area contributed by atoms with Gasteiger partial charge in [-0.1, -0.05) is 6.92 Å². The van der Waals surface area contributed by atoms with Crippen LogP contribution in [0.2, 0.25) is 0 Å². The van der Waals surface area contributed by atoms with Crippen molar-refractivity contribution in [3.8, 4) is 11.5 Å². The molecule has 1 fully saturated rings. The Morgan fingerprint density at radius 3 is 2.84 bits per heavy atom. The zero-order chi connectivity index (χ0) is 22.8. The molecule has 2 amide bonds. The summed E-state index contributed by atoms with van der Waals surface area (Å²) in [6.45, 7) is 4.50. The summed E-state index contributed by atoms with van der Waals surface area (Å²) >= 11 is 0. The van der Waals surface area contributed by atoms with Crippen molar-refractivity contribution in [1.82, 2.24) is 14.9 Å². The van der Waals surface area contributed by atoms with E-state index in [2.05, 4.69) is 15.3 Å². The number of carbonyl (C=O) groups excluding carboxylic acids is 2. The number of hydrogen-bond donors (Lipinski definition) is 2. The summed E-state index contributed by atoms with van der Waals surface area (Å²) in [5.74, 6) is -1.12. The number of anilines is 1. The number of oxazole rings is 1. The Kier molecular flexibility index (Phi) is 6.04. The molecule has 4 rings (SSSR count). The van der Waals surface area contributed by atoms with Crippen molar-refractivity contribution in [2.75, 3.05) is 25.0 Å². The van der Waals surface area contributed by atoms with E-state index in [1.165, 1.54) is 29.3 Å². The Balaban J connectivity index is 1.61. The van der Waals surface area contributed by atoms with E-state index in [0.29, 0.717) is 36.0 Å². The zero-order valence-corrected chi connectivity index (χ0v) is 17.7. The van der Waals surface area contributed by atoms with Crippen LogP contribution in [0.3, 0.4) is 0 Å². The Morgan fingerprint density at radius 1 is 1.38 bits per heavy atom. The number of β-amino-alcohol motifs (C(OH)–C–C–N with tert-alkyl or cyclic N) is 1. The molecule has 1 saturated heterocycles. The highest BCUT2D eigenvalue weighted by Gasteiger charge is 2.25. The summed E-state index contributed by atoms with van der Waals surface area (Å²) in [7, 11) is 0. The van der Waals surface area contributed by atoms with E-state index >= 15 is 0 Å². The molecule has 10 heteroatoms. The van der Waals surface area contributed by atoms with E-state index in [-0.39, 0.29) is 36.0 Å². The molecule has 0 spiro atoms. The molecule has 3 aromatic rings. The van der Waals surface area contributed by atoms with Crippen LogP contribution in [-0.2, 0) is 11.2 Å². The minimum Gasteiger partial charge on any atom is -0.462 e. The number of likely N-dealkylation sites (tertiary alicyclic amines) is 1. The summed E-state index contributed by atoms with van der Waals surface area (Å²) in [4.78, 5) is 34.4. The number of rotatable bonds is 5. The second kappa shape index (κ2) is 8.91. The van der Waals surface area contributed by atoms with E-state index in [9.17, 15) is 19.1 Å². The molecule has 1 aliphatic rings. The van der Waals surface area contributed by atoms with Crippen LogP contribution < -0.4 is 5.32 Å². The first-order valence-electron chi connectivity index (χ1n) is 10.4. The van der Waals surface area contributed by atoms with Crippen molar-refractivity contribution >= 4 is 28.9 Å². The Labute approximate surface area is 183 Å². The lowest BCUT2D eigenvalue weighted by Gasteiger charge is -2.16. The number of aliphatic hydroxyl groups excluding tert-OH is 1. The summed E-state index contributed by atoms with van der Waals surface area (Å²) in [5.41, 5.74) is 1.84. The number of aliphatic hydroxyl groups is 1. The number of amides is 2. The van der Waals surface area contributed by atoms with Crippen LogP contribution in [0.5, 0.6) is 0 Å². The van der Waals surface area contributed by atoms with Gasteiger partial charge in [0, 0.05) is 25.0 Å². The number of nitrogens with one attached hydrogen (secondary N) is 1.